The first-order chi connectivity index (χ1) is 17.0. The van der Waals surface area contributed by atoms with Gasteiger partial charge in [0.05, 0.1) is 30.8 Å². The van der Waals surface area contributed by atoms with Gasteiger partial charge in [-0.15, -0.1) is 0 Å². The lowest BCUT2D eigenvalue weighted by atomic mass is 9.86. The van der Waals surface area contributed by atoms with Gasteiger partial charge in [0.15, 0.2) is 11.5 Å². The Morgan fingerprint density at radius 2 is 1.53 bits per heavy atom. The number of rotatable bonds is 9. The van der Waals surface area contributed by atoms with Crippen molar-refractivity contribution in [3.8, 4) is 11.5 Å². The van der Waals surface area contributed by atoms with Gasteiger partial charge in [0.2, 0.25) is 5.91 Å². The lowest BCUT2D eigenvalue weighted by molar-refractivity contribution is -0.120. The van der Waals surface area contributed by atoms with Crippen molar-refractivity contribution in [3.05, 3.63) is 83.9 Å². The predicted octanol–water partition coefficient (Wildman–Crippen LogP) is 5.07. The van der Waals surface area contributed by atoms with Gasteiger partial charge < -0.3 is 14.8 Å². The molecule has 1 amide bonds. The van der Waals surface area contributed by atoms with E-state index in [2.05, 4.69) is 38.2 Å². The van der Waals surface area contributed by atoms with E-state index in [1.165, 1.54) is 38.0 Å². The molecule has 0 aliphatic rings. The fraction of sp³-hybridized carbons (Fsp3) is 0.321. The molecule has 0 aliphatic heterocycles. The van der Waals surface area contributed by atoms with E-state index in [4.69, 9.17) is 9.47 Å². The Labute approximate surface area is 214 Å². The summed E-state index contributed by atoms with van der Waals surface area (Å²) in [6.45, 7) is 7.92. The molecular weight excluding hydrogens is 476 g/mol. The zero-order chi connectivity index (χ0) is 26.5. The number of benzene rings is 3. The lowest BCUT2D eigenvalue weighted by Gasteiger charge is -2.25. The number of amides is 1. The molecule has 0 radical (unpaired) electrons. The van der Waals surface area contributed by atoms with Crippen LogP contribution in [0.3, 0.4) is 0 Å². The summed E-state index contributed by atoms with van der Waals surface area (Å²) >= 11 is 0. The fourth-order valence-electron chi connectivity index (χ4n) is 3.79. The van der Waals surface area contributed by atoms with Crippen LogP contribution in [-0.2, 0) is 20.2 Å². The highest BCUT2D eigenvalue weighted by Gasteiger charge is 2.29. The highest BCUT2D eigenvalue weighted by atomic mass is 32.2. The third kappa shape index (κ3) is 6.18. The molecular formula is C28H34N2O5S. The number of ether oxygens (including phenoxy) is 2. The molecule has 3 aromatic rings. The molecule has 0 saturated carbocycles. The molecule has 1 N–H and O–H groups in total. The van der Waals surface area contributed by atoms with Crippen LogP contribution >= 0.6 is 0 Å². The number of methoxy groups -OCH3 is 2. The van der Waals surface area contributed by atoms with Gasteiger partial charge in [0, 0.05) is 6.07 Å². The number of sulfonamides is 1. The van der Waals surface area contributed by atoms with Crippen molar-refractivity contribution in [1.82, 2.24) is 5.32 Å². The Hall–Kier alpha value is -3.52. The molecule has 0 heterocycles. The second-order valence-corrected chi connectivity index (χ2v) is 11.4. The van der Waals surface area contributed by atoms with E-state index in [0.29, 0.717) is 11.4 Å². The van der Waals surface area contributed by atoms with E-state index in [-0.39, 0.29) is 28.6 Å². The Bertz CT molecular complexity index is 1280. The summed E-state index contributed by atoms with van der Waals surface area (Å²) < 4.78 is 39.0. The van der Waals surface area contributed by atoms with Crippen LogP contribution in [-0.4, -0.2) is 35.1 Å². The van der Waals surface area contributed by atoms with Crippen molar-refractivity contribution in [2.75, 3.05) is 25.1 Å². The van der Waals surface area contributed by atoms with Crippen molar-refractivity contribution >= 4 is 21.6 Å². The number of nitrogens with one attached hydrogen (secondary N) is 1. The van der Waals surface area contributed by atoms with Gasteiger partial charge in [-0.2, -0.15) is 0 Å². The Balaban J connectivity index is 1.87. The van der Waals surface area contributed by atoms with Crippen LogP contribution in [0.2, 0.25) is 0 Å². The molecule has 3 rings (SSSR count). The first-order valence-corrected chi connectivity index (χ1v) is 13.1. The molecule has 1 atom stereocenters. The second kappa shape index (κ2) is 11.0. The number of nitrogens with zero attached hydrogens (tertiary/aromatic N) is 1. The first kappa shape index (κ1) is 27.1. The molecule has 0 bridgehead atoms. The molecule has 8 heteroatoms. The van der Waals surface area contributed by atoms with E-state index in [1.807, 2.05) is 19.1 Å². The summed E-state index contributed by atoms with van der Waals surface area (Å²) in [4.78, 5) is 13.1. The SMILES string of the molecule is COc1ccc(S(=O)(=O)N(CC(=O)NC(C)c2ccc(C(C)(C)C)cc2)c2ccccc2)cc1OC. The summed E-state index contributed by atoms with van der Waals surface area (Å²) in [7, 11) is -1.18. The zero-order valence-corrected chi connectivity index (χ0v) is 22.4. The van der Waals surface area contributed by atoms with Crippen LogP contribution < -0.4 is 19.1 Å². The third-order valence-electron chi connectivity index (χ3n) is 5.93. The van der Waals surface area contributed by atoms with Crippen LogP contribution in [0.25, 0.3) is 0 Å². The maximum atomic E-state index is 13.7. The Morgan fingerprint density at radius 3 is 2.08 bits per heavy atom. The van der Waals surface area contributed by atoms with Crippen molar-refractivity contribution in [2.45, 2.75) is 44.0 Å². The summed E-state index contributed by atoms with van der Waals surface area (Å²) in [6, 6.07) is 20.7. The van der Waals surface area contributed by atoms with E-state index in [0.717, 1.165) is 9.87 Å². The maximum Gasteiger partial charge on any atom is 0.264 e. The number of carbonyl (C=O) groups is 1. The van der Waals surface area contributed by atoms with E-state index in [1.54, 1.807) is 30.3 Å². The Kier molecular flexibility index (Phi) is 8.30. The van der Waals surface area contributed by atoms with Gasteiger partial charge in [0.1, 0.15) is 6.54 Å². The normalized spacial score (nSPS) is 12.5. The largest absolute Gasteiger partial charge is 0.493 e. The minimum atomic E-state index is -4.09. The van der Waals surface area contributed by atoms with Crippen LogP contribution in [0.1, 0.15) is 44.9 Å². The molecule has 0 aliphatic carbocycles. The predicted molar refractivity (Wildman–Crippen MR) is 142 cm³/mol. The number of anilines is 1. The molecule has 36 heavy (non-hydrogen) atoms. The average Bonchev–Trinajstić information content (AvgIpc) is 2.86. The van der Waals surface area contributed by atoms with Crippen LogP contribution in [0.4, 0.5) is 5.69 Å². The second-order valence-electron chi connectivity index (χ2n) is 9.53. The fourth-order valence-corrected chi connectivity index (χ4v) is 5.22. The van der Waals surface area contributed by atoms with Crippen LogP contribution in [0, 0.1) is 0 Å². The molecule has 192 valence electrons. The maximum absolute atomic E-state index is 13.7. The zero-order valence-electron chi connectivity index (χ0n) is 21.6. The molecule has 0 spiro atoms. The number of carbonyl (C=O) groups excluding carboxylic acids is 1. The molecule has 3 aromatic carbocycles. The standard InChI is InChI=1S/C28H34N2O5S/c1-20(21-12-14-22(15-13-21)28(2,3)4)29-27(31)19-30(23-10-8-7-9-11-23)36(32,33)24-16-17-25(34-5)26(18-24)35-6/h7-18,20H,19H2,1-6H3,(H,29,31). The molecule has 0 fully saturated rings. The molecule has 0 aromatic heterocycles. The van der Waals surface area contributed by atoms with Gasteiger partial charge in [-0.05, 0) is 47.7 Å². The van der Waals surface area contributed by atoms with Crippen LogP contribution in [0.15, 0.2) is 77.7 Å². The third-order valence-corrected chi connectivity index (χ3v) is 7.70. The van der Waals surface area contributed by atoms with Crippen LogP contribution in [0.5, 0.6) is 11.5 Å². The van der Waals surface area contributed by atoms with Gasteiger partial charge in [0.25, 0.3) is 10.0 Å². The highest BCUT2D eigenvalue weighted by Crippen LogP contribution is 2.32. The van der Waals surface area contributed by atoms with E-state index < -0.39 is 15.9 Å². The van der Waals surface area contributed by atoms with Crippen molar-refractivity contribution in [2.24, 2.45) is 0 Å². The first-order valence-electron chi connectivity index (χ1n) is 11.7. The topological polar surface area (TPSA) is 84.9 Å². The van der Waals surface area contributed by atoms with Gasteiger partial charge >= 0.3 is 0 Å². The van der Waals surface area contributed by atoms with Gasteiger partial charge in [-0.3, -0.25) is 9.10 Å². The van der Waals surface area contributed by atoms with Gasteiger partial charge in [-0.1, -0.05) is 63.2 Å². The minimum Gasteiger partial charge on any atom is -0.493 e. The summed E-state index contributed by atoms with van der Waals surface area (Å²) in [5.41, 5.74) is 2.54. The number of para-hydroxylation sites is 1. The Morgan fingerprint density at radius 1 is 0.917 bits per heavy atom. The van der Waals surface area contributed by atoms with E-state index in [9.17, 15) is 13.2 Å². The summed E-state index contributed by atoms with van der Waals surface area (Å²) in [5, 5.41) is 2.93. The smallest absolute Gasteiger partial charge is 0.264 e. The minimum absolute atomic E-state index is 0.0115. The summed E-state index contributed by atoms with van der Waals surface area (Å²) in [6.07, 6.45) is 0. The highest BCUT2D eigenvalue weighted by molar-refractivity contribution is 7.92. The van der Waals surface area contributed by atoms with Crippen molar-refractivity contribution < 1.29 is 22.7 Å². The monoisotopic (exact) mass is 510 g/mol. The van der Waals surface area contributed by atoms with Gasteiger partial charge in [-0.25, -0.2) is 8.42 Å². The lowest BCUT2D eigenvalue weighted by Crippen LogP contribution is -2.41. The van der Waals surface area contributed by atoms with Crippen molar-refractivity contribution in [3.63, 3.8) is 0 Å². The number of hydrogen-bond donors (Lipinski definition) is 1. The number of hydrogen-bond acceptors (Lipinski definition) is 5. The molecule has 7 nitrogen and oxygen atoms in total. The quantitative estimate of drug-likeness (QED) is 0.434. The average molecular weight is 511 g/mol. The van der Waals surface area contributed by atoms with E-state index >= 15 is 0 Å². The molecule has 1 unspecified atom stereocenters. The summed E-state index contributed by atoms with van der Waals surface area (Å²) in [5.74, 6) is 0.269. The van der Waals surface area contributed by atoms with Crippen molar-refractivity contribution in [1.29, 1.82) is 0 Å². The molecule has 0 saturated heterocycles.